The largest absolute Gasteiger partial charge is 0.406 e. The van der Waals surface area contributed by atoms with Crippen LogP contribution in [0.15, 0.2) is 42.6 Å². The van der Waals surface area contributed by atoms with E-state index in [1.807, 2.05) is 18.2 Å². The molecule has 5 rings (SSSR count). The van der Waals surface area contributed by atoms with E-state index in [1.54, 1.807) is 38.2 Å². The topological polar surface area (TPSA) is 72.2 Å². The van der Waals surface area contributed by atoms with E-state index in [0.29, 0.717) is 22.9 Å². The Kier molecular flexibility index (Phi) is 9.19. The number of rotatable bonds is 7. The van der Waals surface area contributed by atoms with Gasteiger partial charge in [-0.25, -0.2) is 0 Å². The van der Waals surface area contributed by atoms with Gasteiger partial charge in [0.2, 0.25) is 0 Å². The smallest absolute Gasteiger partial charge is 0.382 e. The summed E-state index contributed by atoms with van der Waals surface area (Å²) < 4.78 is 42.2. The molecule has 0 amide bonds. The number of halogens is 3. The maximum Gasteiger partial charge on any atom is 0.406 e. The number of aromatic nitrogens is 2. The van der Waals surface area contributed by atoms with Gasteiger partial charge in [-0.1, -0.05) is 12.0 Å². The standard InChI is InChI=1S/C33H40F3N7/c1-32(2,22-37)31-10-9-25(21-39-31)38-15-5-6-27-20-28-29(7-4-8-30(28)43(27)23-33(34,35)36)40-24-11-18-42(19-12-24)26-13-16-41(3)17-14-26/h4,7-10,20-21,24,26,38,40H,11-19,23H2,1-3H3. The summed E-state index contributed by atoms with van der Waals surface area (Å²) in [6.45, 7) is 7.09. The zero-order valence-electron chi connectivity index (χ0n) is 25.1. The van der Waals surface area contributed by atoms with E-state index in [2.05, 4.69) is 50.4 Å². The molecule has 228 valence electrons. The molecule has 0 spiro atoms. The van der Waals surface area contributed by atoms with Crippen molar-refractivity contribution in [3.63, 3.8) is 0 Å². The van der Waals surface area contributed by atoms with E-state index in [1.165, 1.54) is 17.4 Å². The first-order valence-electron chi connectivity index (χ1n) is 15.0. The molecule has 2 aliphatic heterocycles. The predicted octanol–water partition coefficient (Wildman–Crippen LogP) is 5.83. The first-order valence-corrected chi connectivity index (χ1v) is 15.0. The average molecular weight is 592 g/mol. The van der Waals surface area contributed by atoms with Crippen molar-refractivity contribution in [2.75, 3.05) is 50.4 Å². The van der Waals surface area contributed by atoms with Gasteiger partial charge >= 0.3 is 6.18 Å². The summed E-state index contributed by atoms with van der Waals surface area (Å²) >= 11 is 0. The Morgan fingerprint density at radius 3 is 2.42 bits per heavy atom. The predicted molar refractivity (Wildman–Crippen MR) is 165 cm³/mol. The Bertz CT molecular complexity index is 1490. The van der Waals surface area contributed by atoms with E-state index >= 15 is 0 Å². The number of nitriles is 1. The maximum absolute atomic E-state index is 13.6. The molecular weight excluding hydrogens is 551 g/mol. The number of benzene rings is 1. The van der Waals surface area contributed by atoms with Crippen LogP contribution in [-0.4, -0.2) is 77.4 Å². The zero-order chi connectivity index (χ0) is 30.6. The number of hydrogen-bond acceptors (Lipinski definition) is 6. The Morgan fingerprint density at radius 1 is 1.02 bits per heavy atom. The summed E-state index contributed by atoms with van der Waals surface area (Å²) in [5, 5.41) is 16.8. The van der Waals surface area contributed by atoms with Crippen LogP contribution in [0, 0.1) is 23.2 Å². The van der Waals surface area contributed by atoms with Crippen molar-refractivity contribution in [3.05, 3.63) is 54.0 Å². The highest BCUT2D eigenvalue weighted by Gasteiger charge is 2.31. The maximum atomic E-state index is 13.6. The van der Waals surface area contributed by atoms with Crippen LogP contribution >= 0.6 is 0 Å². The molecule has 0 atom stereocenters. The summed E-state index contributed by atoms with van der Waals surface area (Å²) in [5.41, 5.74) is 2.38. The van der Waals surface area contributed by atoms with E-state index in [4.69, 9.17) is 0 Å². The van der Waals surface area contributed by atoms with Crippen LogP contribution in [-0.2, 0) is 12.0 Å². The van der Waals surface area contributed by atoms with E-state index in [9.17, 15) is 18.4 Å². The number of alkyl halides is 3. The second-order valence-electron chi connectivity index (χ2n) is 12.3. The summed E-state index contributed by atoms with van der Waals surface area (Å²) in [6.07, 6.45) is 1.69. The van der Waals surface area contributed by atoms with Crippen LogP contribution in [0.1, 0.15) is 50.9 Å². The lowest BCUT2D eigenvalue weighted by Gasteiger charge is -2.41. The minimum atomic E-state index is -4.38. The molecule has 0 unspecified atom stereocenters. The molecule has 2 saturated heterocycles. The molecule has 10 heteroatoms. The third kappa shape index (κ3) is 7.62. The number of pyridine rings is 1. The molecule has 7 nitrogen and oxygen atoms in total. The van der Waals surface area contributed by atoms with Crippen molar-refractivity contribution < 1.29 is 13.2 Å². The fraction of sp³-hybridized carbons (Fsp3) is 0.515. The Labute approximate surface area is 252 Å². The van der Waals surface area contributed by atoms with Crippen molar-refractivity contribution in [1.82, 2.24) is 19.4 Å². The van der Waals surface area contributed by atoms with Gasteiger partial charge in [0.15, 0.2) is 0 Å². The molecule has 4 heterocycles. The molecule has 43 heavy (non-hydrogen) atoms. The first-order chi connectivity index (χ1) is 20.5. The molecule has 2 aromatic heterocycles. The second kappa shape index (κ2) is 12.9. The third-order valence-electron chi connectivity index (χ3n) is 8.66. The van der Waals surface area contributed by atoms with Gasteiger partial charge in [0, 0.05) is 36.2 Å². The molecule has 2 aliphatic rings. The third-order valence-corrected chi connectivity index (χ3v) is 8.66. The van der Waals surface area contributed by atoms with Gasteiger partial charge in [-0.05, 0) is 95.9 Å². The van der Waals surface area contributed by atoms with Gasteiger partial charge in [0.1, 0.15) is 6.54 Å². The van der Waals surface area contributed by atoms with Gasteiger partial charge in [-0.3, -0.25) is 4.98 Å². The van der Waals surface area contributed by atoms with Crippen LogP contribution in [0.4, 0.5) is 24.5 Å². The number of piperidine rings is 2. The van der Waals surface area contributed by atoms with Crippen molar-refractivity contribution >= 4 is 22.3 Å². The van der Waals surface area contributed by atoms with Crippen molar-refractivity contribution in [2.24, 2.45) is 0 Å². The fourth-order valence-electron chi connectivity index (χ4n) is 6.06. The second-order valence-corrected chi connectivity index (χ2v) is 12.3. The number of nitrogens with zero attached hydrogens (tertiary/aromatic N) is 5. The van der Waals surface area contributed by atoms with Crippen LogP contribution in [0.3, 0.4) is 0 Å². The Hall–Kier alpha value is -3.73. The quantitative estimate of drug-likeness (QED) is 0.337. The highest BCUT2D eigenvalue weighted by atomic mass is 19.4. The molecule has 3 aromatic rings. The van der Waals surface area contributed by atoms with Crippen LogP contribution in [0.2, 0.25) is 0 Å². The lowest BCUT2D eigenvalue weighted by atomic mass is 9.91. The summed E-state index contributed by atoms with van der Waals surface area (Å²) in [4.78, 5) is 9.36. The molecule has 2 fully saturated rings. The summed E-state index contributed by atoms with van der Waals surface area (Å²) in [7, 11) is 2.18. The molecule has 0 bridgehead atoms. The van der Waals surface area contributed by atoms with Crippen molar-refractivity contribution in [2.45, 2.75) is 69.8 Å². The molecular formula is C33H40F3N7. The van der Waals surface area contributed by atoms with Gasteiger partial charge in [-0.15, -0.1) is 0 Å². The molecule has 2 N–H and O–H groups in total. The fourth-order valence-corrected chi connectivity index (χ4v) is 6.06. The minimum absolute atomic E-state index is 0.233. The minimum Gasteiger partial charge on any atom is -0.382 e. The highest BCUT2D eigenvalue weighted by molar-refractivity contribution is 5.94. The van der Waals surface area contributed by atoms with E-state index < -0.39 is 18.1 Å². The van der Waals surface area contributed by atoms with E-state index in [-0.39, 0.29) is 12.6 Å². The number of likely N-dealkylation sites (tertiary alicyclic amines) is 2. The highest BCUT2D eigenvalue weighted by Crippen LogP contribution is 2.32. The molecule has 1 aromatic carbocycles. The summed E-state index contributed by atoms with van der Waals surface area (Å²) in [6, 6.07) is 14.0. The molecule has 0 saturated carbocycles. The van der Waals surface area contributed by atoms with Crippen LogP contribution < -0.4 is 10.6 Å². The lowest BCUT2D eigenvalue weighted by Crippen LogP contribution is -2.48. The SMILES string of the molecule is CN1CCC(N2CCC(Nc3cccc4c3cc(C#CCNc3ccc(C(C)(C)C#N)nc3)n4CC(F)(F)F)CC2)CC1. The van der Waals surface area contributed by atoms with Crippen LogP contribution in [0.5, 0.6) is 0 Å². The van der Waals surface area contributed by atoms with Crippen molar-refractivity contribution in [1.29, 1.82) is 5.26 Å². The van der Waals surface area contributed by atoms with E-state index in [0.717, 1.165) is 55.8 Å². The van der Waals surface area contributed by atoms with Crippen LogP contribution in [0.25, 0.3) is 10.9 Å². The molecule has 0 radical (unpaired) electrons. The van der Waals surface area contributed by atoms with Gasteiger partial charge in [0.05, 0.1) is 46.8 Å². The summed E-state index contributed by atoms with van der Waals surface area (Å²) in [5.74, 6) is 5.94. The first kappa shape index (κ1) is 30.7. The molecule has 0 aliphatic carbocycles. The average Bonchev–Trinajstić information content (AvgIpc) is 3.33. The van der Waals surface area contributed by atoms with Crippen molar-refractivity contribution in [3.8, 4) is 17.9 Å². The normalized spacial score (nSPS) is 17.8. The number of anilines is 2. The number of fused-ring (bicyclic) bond motifs is 1. The monoisotopic (exact) mass is 591 g/mol. The Balaban J connectivity index is 1.28. The van der Waals surface area contributed by atoms with Gasteiger partial charge < -0.3 is 25.0 Å². The Morgan fingerprint density at radius 2 is 1.77 bits per heavy atom. The van der Waals surface area contributed by atoms with Gasteiger partial charge in [0.25, 0.3) is 0 Å². The zero-order valence-corrected chi connectivity index (χ0v) is 25.1. The lowest BCUT2D eigenvalue weighted by molar-refractivity contribution is -0.140. The number of hydrogen-bond donors (Lipinski definition) is 2. The van der Waals surface area contributed by atoms with Gasteiger partial charge in [-0.2, -0.15) is 18.4 Å². The number of nitrogens with one attached hydrogen (secondary N) is 2.